The molecule has 0 aliphatic rings. The quantitative estimate of drug-likeness (QED) is 0.856. The fourth-order valence-electron chi connectivity index (χ4n) is 2.24. The number of nitrogens with one attached hydrogen (secondary N) is 1. The zero-order chi connectivity index (χ0) is 16.8. The van der Waals surface area contributed by atoms with Crippen molar-refractivity contribution < 1.29 is 14.3 Å². The molecule has 0 fully saturated rings. The molecular formula is C19H23NO3. The number of carbonyl (C=O) groups is 1. The van der Waals surface area contributed by atoms with E-state index >= 15 is 0 Å². The van der Waals surface area contributed by atoms with E-state index in [1.54, 1.807) is 25.3 Å². The lowest BCUT2D eigenvalue weighted by atomic mass is 10.0. The van der Waals surface area contributed by atoms with Gasteiger partial charge in [0.1, 0.15) is 0 Å². The van der Waals surface area contributed by atoms with Crippen molar-refractivity contribution in [3.05, 3.63) is 53.6 Å². The van der Waals surface area contributed by atoms with Gasteiger partial charge >= 0.3 is 0 Å². The number of hydrogen-bond acceptors (Lipinski definition) is 3. The maximum atomic E-state index is 12.4. The van der Waals surface area contributed by atoms with E-state index < -0.39 is 0 Å². The molecule has 0 unspecified atom stereocenters. The van der Waals surface area contributed by atoms with E-state index in [0.717, 1.165) is 5.69 Å². The van der Waals surface area contributed by atoms with Crippen LogP contribution in [0.15, 0.2) is 42.5 Å². The van der Waals surface area contributed by atoms with Crippen molar-refractivity contribution in [2.24, 2.45) is 0 Å². The molecule has 0 saturated carbocycles. The first-order valence-corrected chi connectivity index (χ1v) is 7.77. The largest absolute Gasteiger partial charge is 0.493 e. The first-order chi connectivity index (χ1) is 11.0. The molecule has 0 aromatic heterocycles. The van der Waals surface area contributed by atoms with Gasteiger partial charge in [-0.05, 0) is 48.7 Å². The molecule has 0 bridgehead atoms. The number of hydrogen-bond donors (Lipinski definition) is 1. The molecule has 2 rings (SSSR count). The minimum Gasteiger partial charge on any atom is -0.493 e. The molecule has 0 spiro atoms. The van der Waals surface area contributed by atoms with E-state index in [0.29, 0.717) is 29.6 Å². The molecule has 0 aliphatic heterocycles. The van der Waals surface area contributed by atoms with Crippen molar-refractivity contribution in [2.75, 3.05) is 19.0 Å². The van der Waals surface area contributed by atoms with Gasteiger partial charge in [-0.3, -0.25) is 4.79 Å². The topological polar surface area (TPSA) is 47.6 Å². The Hall–Kier alpha value is -2.49. The van der Waals surface area contributed by atoms with Crippen LogP contribution in [-0.4, -0.2) is 19.6 Å². The lowest BCUT2D eigenvalue weighted by molar-refractivity contribution is 0.102. The second-order valence-corrected chi connectivity index (χ2v) is 5.53. The van der Waals surface area contributed by atoms with Gasteiger partial charge in [0.2, 0.25) is 0 Å². The van der Waals surface area contributed by atoms with Gasteiger partial charge in [-0.25, -0.2) is 0 Å². The molecule has 0 radical (unpaired) electrons. The molecule has 4 heteroatoms. The molecule has 0 atom stereocenters. The minimum absolute atomic E-state index is 0.175. The molecule has 122 valence electrons. The van der Waals surface area contributed by atoms with Crippen LogP contribution in [0.25, 0.3) is 0 Å². The Bertz CT molecular complexity index is 663. The Morgan fingerprint density at radius 2 is 1.78 bits per heavy atom. The smallest absolute Gasteiger partial charge is 0.255 e. The highest BCUT2D eigenvalue weighted by molar-refractivity contribution is 6.04. The molecule has 1 N–H and O–H groups in total. The number of anilines is 1. The van der Waals surface area contributed by atoms with E-state index in [1.807, 2.05) is 31.2 Å². The van der Waals surface area contributed by atoms with Gasteiger partial charge in [0, 0.05) is 11.3 Å². The Labute approximate surface area is 137 Å². The fourth-order valence-corrected chi connectivity index (χ4v) is 2.24. The second-order valence-electron chi connectivity index (χ2n) is 5.53. The highest BCUT2D eigenvalue weighted by Crippen LogP contribution is 2.28. The number of ether oxygens (including phenoxy) is 2. The lowest BCUT2D eigenvalue weighted by Gasteiger charge is -2.12. The number of benzene rings is 2. The van der Waals surface area contributed by atoms with E-state index in [2.05, 4.69) is 19.2 Å². The van der Waals surface area contributed by atoms with Gasteiger partial charge < -0.3 is 14.8 Å². The van der Waals surface area contributed by atoms with Gasteiger partial charge in [0.05, 0.1) is 13.7 Å². The van der Waals surface area contributed by atoms with Gasteiger partial charge in [0.15, 0.2) is 11.5 Å². The second kappa shape index (κ2) is 7.68. The van der Waals surface area contributed by atoms with Crippen LogP contribution >= 0.6 is 0 Å². The maximum absolute atomic E-state index is 12.4. The van der Waals surface area contributed by atoms with E-state index in [1.165, 1.54) is 5.56 Å². The van der Waals surface area contributed by atoms with Gasteiger partial charge in [-0.15, -0.1) is 0 Å². The Balaban J connectivity index is 2.15. The van der Waals surface area contributed by atoms with Crippen LogP contribution in [0.4, 0.5) is 5.69 Å². The third kappa shape index (κ3) is 4.25. The van der Waals surface area contributed by atoms with Crippen LogP contribution in [0.5, 0.6) is 11.5 Å². The third-order valence-corrected chi connectivity index (χ3v) is 3.56. The highest BCUT2D eigenvalue weighted by atomic mass is 16.5. The van der Waals surface area contributed by atoms with E-state index in [-0.39, 0.29) is 5.91 Å². The summed E-state index contributed by atoms with van der Waals surface area (Å²) < 4.78 is 10.7. The van der Waals surface area contributed by atoms with Crippen molar-refractivity contribution in [1.29, 1.82) is 0 Å². The maximum Gasteiger partial charge on any atom is 0.255 e. The summed E-state index contributed by atoms with van der Waals surface area (Å²) in [6, 6.07) is 13.0. The van der Waals surface area contributed by atoms with Gasteiger partial charge in [0.25, 0.3) is 5.91 Å². The normalized spacial score (nSPS) is 10.5. The molecule has 23 heavy (non-hydrogen) atoms. The van der Waals surface area contributed by atoms with Crippen molar-refractivity contribution in [2.45, 2.75) is 26.7 Å². The first kappa shape index (κ1) is 16.9. The molecule has 2 aromatic rings. The van der Waals surface area contributed by atoms with Crippen LogP contribution in [0.3, 0.4) is 0 Å². The summed E-state index contributed by atoms with van der Waals surface area (Å²) in [5.41, 5.74) is 2.54. The standard InChI is InChI=1S/C19H23NO3/c1-5-23-18-12-15(8-11-17(18)22-4)19(21)20-16-9-6-14(7-10-16)13(2)3/h6-13H,5H2,1-4H3,(H,20,21). The summed E-state index contributed by atoms with van der Waals surface area (Å²) in [7, 11) is 1.58. The molecule has 0 aliphatic carbocycles. The molecule has 0 saturated heterocycles. The Morgan fingerprint density at radius 1 is 1.09 bits per heavy atom. The first-order valence-electron chi connectivity index (χ1n) is 7.77. The zero-order valence-corrected chi connectivity index (χ0v) is 14.1. The van der Waals surface area contributed by atoms with E-state index in [4.69, 9.17) is 9.47 Å². The minimum atomic E-state index is -0.175. The van der Waals surface area contributed by atoms with Crippen LogP contribution in [0.2, 0.25) is 0 Å². The van der Waals surface area contributed by atoms with Crippen LogP contribution in [0, 0.1) is 0 Å². The predicted octanol–water partition coefficient (Wildman–Crippen LogP) is 4.47. The summed E-state index contributed by atoms with van der Waals surface area (Å²) in [4.78, 5) is 12.4. The number of carbonyl (C=O) groups excluding carboxylic acids is 1. The fraction of sp³-hybridized carbons (Fsp3) is 0.316. The summed E-state index contributed by atoms with van der Waals surface area (Å²) in [5.74, 6) is 1.48. The molecular weight excluding hydrogens is 290 g/mol. The number of rotatable bonds is 6. The van der Waals surface area contributed by atoms with Crippen molar-refractivity contribution >= 4 is 11.6 Å². The van der Waals surface area contributed by atoms with Crippen LogP contribution in [0.1, 0.15) is 42.6 Å². The third-order valence-electron chi connectivity index (χ3n) is 3.56. The van der Waals surface area contributed by atoms with E-state index in [9.17, 15) is 4.79 Å². The predicted molar refractivity (Wildman–Crippen MR) is 92.6 cm³/mol. The van der Waals surface area contributed by atoms with Crippen LogP contribution in [-0.2, 0) is 0 Å². The molecule has 2 aromatic carbocycles. The summed E-state index contributed by atoms with van der Waals surface area (Å²) in [5, 5.41) is 2.90. The SMILES string of the molecule is CCOc1cc(C(=O)Nc2ccc(C(C)C)cc2)ccc1OC. The average molecular weight is 313 g/mol. The number of methoxy groups -OCH3 is 1. The van der Waals surface area contributed by atoms with Crippen molar-refractivity contribution in [3.63, 3.8) is 0 Å². The lowest BCUT2D eigenvalue weighted by Crippen LogP contribution is -2.12. The summed E-state index contributed by atoms with van der Waals surface area (Å²) in [6.45, 7) is 6.68. The van der Waals surface area contributed by atoms with Gasteiger partial charge in [-0.2, -0.15) is 0 Å². The summed E-state index contributed by atoms with van der Waals surface area (Å²) >= 11 is 0. The zero-order valence-electron chi connectivity index (χ0n) is 14.1. The molecule has 1 amide bonds. The van der Waals surface area contributed by atoms with Crippen molar-refractivity contribution in [3.8, 4) is 11.5 Å². The molecule has 4 nitrogen and oxygen atoms in total. The van der Waals surface area contributed by atoms with Crippen molar-refractivity contribution in [1.82, 2.24) is 0 Å². The number of amides is 1. The molecule has 0 heterocycles. The average Bonchev–Trinajstić information content (AvgIpc) is 2.55. The Kier molecular flexibility index (Phi) is 5.63. The monoisotopic (exact) mass is 313 g/mol. The highest BCUT2D eigenvalue weighted by Gasteiger charge is 2.11. The Morgan fingerprint density at radius 3 is 2.35 bits per heavy atom. The van der Waals surface area contributed by atoms with Crippen LogP contribution < -0.4 is 14.8 Å². The van der Waals surface area contributed by atoms with Gasteiger partial charge in [-0.1, -0.05) is 26.0 Å². The summed E-state index contributed by atoms with van der Waals surface area (Å²) in [6.07, 6.45) is 0.